The summed E-state index contributed by atoms with van der Waals surface area (Å²) in [4.78, 5) is 2.36. The molecule has 0 N–H and O–H groups in total. The molecule has 2 saturated heterocycles. The second-order valence-corrected chi connectivity index (χ2v) is 5.24. The third-order valence-electron chi connectivity index (χ3n) is 3.90. The number of nitrogens with zero attached hydrogens (tertiary/aromatic N) is 1. The molecule has 0 amide bonds. The molecule has 16 heavy (non-hydrogen) atoms. The maximum atomic E-state index is 5.56. The van der Waals surface area contributed by atoms with Gasteiger partial charge in [-0.3, -0.25) is 0 Å². The van der Waals surface area contributed by atoms with Crippen molar-refractivity contribution in [1.29, 1.82) is 0 Å². The summed E-state index contributed by atoms with van der Waals surface area (Å²) in [5.41, 5.74) is 0.241. The van der Waals surface area contributed by atoms with Gasteiger partial charge in [0.2, 0.25) is 0 Å². The van der Waals surface area contributed by atoms with Crippen molar-refractivity contribution in [1.82, 2.24) is 4.90 Å². The molecule has 2 rings (SSSR count). The first-order valence-corrected chi connectivity index (χ1v) is 6.78. The smallest absolute Gasteiger partial charge is 0.101 e. The van der Waals surface area contributed by atoms with Crippen molar-refractivity contribution in [3.8, 4) is 0 Å². The minimum Gasteiger partial charge on any atom is -0.364 e. The van der Waals surface area contributed by atoms with Crippen LogP contribution in [0, 0.1) is 0 Å². The molecule has 3 heteroatoms. The lowest BCUT2D eigenvalue weighted by molar-refractivity contribution is 0.0695. The van der Waals surface area contributed by atoms with E-state index in [2.05, 4.69) is 11.8 Å². The fourth-order valence-electron chi connectivity index (χ4n) is 2.76. The normalized spacial score (nSPS) is 23.8. The maximum Gasteiger partial charge on any atom is 0.101 e. The molecule has 94 valence electrons. The van der Waals surface area contributed by atoms with Crippen LogP contribution < -0.4 is 0 Å². The fourth-order valence-corrected chi connectivity index (χ4v) is 2.76. The second kappa shape index (κ2) is 5.99. The monoisotopic (exact) mass is 227 g/mol. The molecule has 0 radical (unpaired) electrons. The molecule has 2 aliphatic rings. The Balaban J connectivity index is 1.61. The SMILES string of the molecule is CCCCCCCCC12COCN1COC2. The minimum atomic E-state index is 0.241. The standard InChI is InChI=1S/C13H25NO2/c1-2-3-4-5-6-7-8-13-9-15-11-14(13)12-16-10-13/h2-12H2,1H3. The first-order chi connectivity index (χ1) is 7.87. The lowest BCUT2D eigenvalue weighted by Crippen LogP contribution is -2.42. The van der Waals surface area contributed by atoms with Crippen LogP contribution in [0.3, 0.4) is 0 Å². The molecular weight excluding hydrogens is 202 g/mol. The molecular formula is C13H25NO2. The Morgan fingerprint density at radius 1 is 0.938 bits per heavy atom. The van der Waals surface area contributed by atoms with Gasteiger partial charge in [-0.1, -0.05) is 45.4 Å². The Morgan fingerprint density at radius 2 is 1.56 bits per heavy atom. The summed E-state index contributed by atoms with van der Waals surface area (Å²) >= 11 is 0. The van der Waals surface area contributed by atoms with Crippen molar-refractivity contribution in [2.24, 2.45) is 0 Å². The summed E-state index contributed by atoms with van der Waals surface area (Å²) in [6, 6.07) is 0. The molecule has 0 unspecified atom stereocenters. The summed E-state index contributed by atoms with van der Waals surface area (Å²) in [6.07, 6.45) is 9.47. The van der Waals surface area contributed by atoms with Crippen molar-refractivity contribution in [3.63, 3.8) is 0 Å². The zero-order valence-corrected chi connectivity index (χ0v) is 10.5. The number of unbranched alkanes of at least 4 members (excludes halogenated alkanes) is 5. The summed E-state index contributed by atoms with van der Waals surface area (Å²) in [7, 11) is 0. The third kappa shape index (κ3) is 2.76. The van der Waals surface area contributed by atoms with Crippen LogP contribution in [-0.4, -0.2) is 37.1 Å². The first kappa shape index (κ1) is 12.3. The molecule has 0 aromatic carbocycles. The van der Waals surface area contributed by atoms with Gasteiger partial charge in [-0.2, -0.15) is 0 Å². The van der Waals surface area contributed by atoms with E-state index in [1.165, 1.54) is 44.9 Å². The van der Waals surface area contributed by atoms with Crippen molar-refractivity contribution in [2.45, 2.75) is 57.4 Å². The largest absolute Gasteiger partial charge is 0.364 e. The molecule has 3 nitrogen and oxygen atoms in total. The van der Waals surface area contributed by atoms with Gasteiger partial charge in [0.25, 0.3) is 0 Å². The highest BCUT2D eigenvalue weighted by molar-refractivity contribution is 4.95. The van der Waals surface area contributed by atoms with Gasteiger partial charge in [-0.25, -0.2) is 4.90 Å². The van der Waals surface area contributed by atoms with E-state index in [4.69, 9.17) is 9.47 Å². The van der Waals surface area contributed by atoms with E-state index in [-0.39, 0.29) is 5.54 Å². The highest BCUT2D eigenvalue weighted by Crippen LogP contribution is 2.33. The minimum absolute atomic E-state index is 0.241. The van der Waals surface area contributed by atoms with E-state index >= 15 is 0 Å². The van der Waals surface area contributed by atoms with Crippen LogP contribution in [0.5, 0.6) is 0 Å². The third-order valence-corrected chi connectivity index (χ3v) is 3.90. The Labute approximate surface area is 99.1 Å². The van der Waals surface area contributed by atoms with Crippen molar-refractivity contribution in [3.05, 3.63) is 0 Å². The van der Waals surface area contributed by atoms with E-state index in [9.17, 15) is 0 Å². The second-order valence-electron chi connectivity index (χ2n) is 5.24. The topological polar surface area (TPSA) is 21.7 Å². The van der Waals surface area contributed by atoms with Gasteiger partial charge in [-0.15, -0.1) is 0 Å². The van der Waals surface area contributed by atoms with Gasteiger partial charge in [0.05, 0.1) is 18.8 Å². The van der Waals surface area contributed by atoms with Gasteiger partial charge in [0.1, 0.15) is 13.5 Å². The quantitative estimate of drug-likeness (QED) is 0.624. The van der Waals surface area contributed by atoms with Gasteiger partial charge >= 0.3 is 0 Å². The number of rotatable bonds is 7. The molecule has 0 atom stereocenters. The molecule has 0 aliphatic carbocycles. The average Bonchev–Trinajstić information content (AvgIpc) is 2.82. The van der Waals surface area contributed by atoms with Crippen LogP contribution in [0.15, 0.2) is 0 Å². The number of hydrogen-bond donors (Lipinski definition) is 0. The van der Waals surface area contributed by atoms with E-state index < -0.39 is 0 Å². The lowest BCUT2D eigenvalue weighted by atomic mass is 9.93. The van der Waals surface area contributed by atoms with Gasteiger partial charge in [0.15, 0.2) is 0 Å². The van der Waals surface area contributed by atoms with E-state index in [0.29, 0.717) is 0 Å². The van der Waals surface area contributed by atoms with Crippen LogP contribution in [-0.2, 0) is 9.47 Å². The lowest BCUT2D eigenvalue weighted by Gasteiger charge is -2.27. The molecule has 0 saturated carbocycles. The van der Waals surface area contributed by atoms with Gasteiger partial charge in [0, 0.05) is 0 Å². The Hall–Kier alpha value is -0.120. The highest BCUT2D eigenvalue weighted by Gasteiger charge is 2.45. The van der Waals surface area contributed by atoms with Crippen molar-refractivity contribution in [2.75, 3.05) is 26.7 Å². The van der Waals surface area contributed by atoms with Crippen LogP contribution in [0.2, 0.25) is 0 Å². The van der Waals surface area contributed by atoms with Crippen LogP contribution >= 0.6 is 0 Å². The molecule has 2 aliphatic heterocycles. The van der Waals surface area contributed by atoms with Crippen LogP contribution in [0.1, 0.15) is 51.9 Å². The van der Waals surface area contributed by atoms with Gasteiger partial charge in [-0.05, 0) is 6.42 Å². The van der Waals surface area contributed by atoms with Crippen LogP contribution in [0.25, 0.3) is 0 Å². The summed E-state index contributed by atoms with van der Waals surface area (Å²) in [6.45, 7) is 5.57. The molecule has 0 aromatic heterocycles. The number of hydrogen-bond acceptors (Lipinski definition) is 3. The van der Waals surface area contributed by atoms with Crippen molar-refractivity contribution < 1.29 is 9.47 Å². The van der Waals surface area contributed by atoms with Crippen LogP contribution in [0.4, 0.5) is 0 Å². The van der Waals surface area contributed by atoms with E-state index in [0.717, 1.165) is 26.7 Å². The predicted octanol–water partition coefficient (Wildman–Crippen LogP) is 2.75. The summed E-state index contributed by atoms with van der Waals surface area (Å²) in [5.74, 6) is 0. The average molecular weight is 227 g/mol. The number of fused-ring (bicyclic) bond motifs is 1. The molecule has 0 aromatic rings. The number of ether oxygens (including phenoxy) is 2. The highest BCUT2D eigenvalue weighted by atomic mass is 16.6. The maximum absolute atomic E-state index is 5.56. The zero-order chi connectivity index (χ0) is 11.3. The molecule has 0 bridgehead atoms. The Kier molecular flexibility index (Phi) is 4.62. The Morgan fingerprint density at radius 3 is 2.25 bits per heavy atom. The van der Waals surface area contributed by atoms with Gasteiger partial charge < -0.3 is 9.47 Å². The zero-order valence-electron chi connectivity index (χ0n) is 10.5. The predicted molar refractivity (Wildman–Crippen MR) is 64.2 cm³/mol. The first-order valence-electron chi connectivity index (χ1n) is 6.78. The summed E-state index contributed by atoms with van der Waals surface area (Å²) in [5, 5.41) is 0. The fraction of sp³-hybridized carbons (Fsp3) is 1.00. The van der Waals surface area contributed by atoms with E-state index in [1.807, 2.05) is 0 Å². The molecule has 2 fully saturated rings. The Bertz CT molecular complexity index is 198. The van der Waals surface area contributed by atoms with Crippen molar-refractivity contribution >= 4 is 0 Å². The van der Waals surface area contributed by atoms with E-state index in [1.54, 1.807) is 0 Å². The summed E-state index contributed by atoms with van der Waals surface area (Å²) < 4.78 is 11.1. The molecule has 2 heterocycles. The molecule has 0 spiro atoms.